The molecule has 0 radical (unpaired) electrons. The number of halogens is 2. The van der Waals surface area contributed by atoms with Gasteiger partial charge in [-0.05, 0) is 19.1 Å². The quantitative estimate of drug-likeness (QED) is 0.856. The van der Waals surface area contributed by atoms with Crippen LogP contribution in [0.15, 0.2) is 18.2 Å². The normalized spacial score (nSPS) is 12.1. The van der Waals surface area contributed by atoms with Crippen molar-refractivity contribution in [2.75, 3.05) is 19.4 Å². The third-order valence-corrected chi connectivity index (χ3v) is 2.13. The molecule has 0 bridgehead atoms. The summed E-state index contributed by atoms with van der Waals surface area (Å²) in [6.45, 7) is 1.55. The molecule has 0 aliphatic rings. The maximum absolute atomic E-state index is 13.2. The average Bonchev–Trinajstić information content (AvgIpc) is 2.22. The predicted molar refractivity (Wildman–Crippen MR) is 58.1 cm³/mol. The van der Waals surface area contributed by atoms with E-state index in [-0.39, 0.29) is 11.6 Å². The summed E-state index contributed by atoms with van der Waals surface area (Å²) in [4.78, 5) is 12.8. The molecule has 0 saturated carbocycles. The Balaban J connectivity index is 2.85. The minimum absolute atomic E-state index is 0.248. The smallest absolute Gasteiger partial charge is 0.244 e. The molecule has 0 spiro atoms. The molecule has 0 heterocycles. The van der Waals surface area contributed by atoms with Crippen LogP contribution in [0.3, 0.4) is 0 Å². The third kappa shape index (κ3) is 2.68. The lowest BCUT2D eigenvalue weighted by Gasteiger charge is -2.19. The zero-order chi connectivity index (χ0) is 12.3. The van der Waals surface area contributed by atoms with Crippen LogP contribution in [-0.2, 0) is 4.79 Å². The molecule has 1 unspecified atom stereocenters. The summed E-state index contributed by atoms with van der Waals surface area (Å²) in [5.41, 5.74) is -0.273. The number of para-hydroxylation sites is 1. The lowest BCUT2D eigenvalue weighted by atomic mass is 10.2. The molecular weight excluding hydrogens is 214 g/mol. The third-order valence-electron chi connectivity index (χ3n) is 2.13. The maximum Gasteiger partial charge on any atom is 0.244 e. The molecular formula is C11H14F2N2O. The number of amides is 1. The van der Waals surface area contributed by atoms with E-state index in [1.54, 1.807) is 21.0 Å². The Morgan fingerprint density at radius 2 is 1.81 bits per heavy atom. The molecule has 0 saturated heterocycles. The Bertz CT molecular complexity index is 373. The van der Waals surface area contributed by atoms with Crippen molar-refractivity contribution in [2.24, 2.45) is 0 Å². The van der Waals surface area contributed by atoms with Crippen molar-refractivity contribution < 1.29 is 13.6 Å². The Labute approximate surface area is 93.1 Å². The van der Waals surface area contributed by atoms with E-state index in [1.165, 1.54) is 11.0 Å². The van der Waals surface area contributed by atoms with Gasteiger partial charge in [0, 0.05) is 14.1 Å². The van der Waals surface area contributed by atoms with Crippen LogP contribution in [0.2, 0.25) is 0 Å². The molecule has 1 aromatic carbocycles. The van der Waals surface area contributed by atoms with Crippen LogP contribution in [0.5, 0.6) is 0 Å². The lowest BCUT2D eigenvalue weighted by Crippen LogP contribution is -2.37. The highest BCUT2D eigenvalue weighted by atomic mass is 19.1. The van der Waals surface area contributed by atoms with Gasteiger partial charge in [0.2, 0.25) is 5.91 Å². The van der Waals surface area contributed by atoms with Gasteiger partial charge in [0.25, 0.3) is 0 Å². The number of hydrogen-bond donors (Lipinski definition) is 1. The fourth-order valence-corrected chi connectivity index (χ4v) is 1.30. The van der Waals surface area contributed by atoms with Gasteiger partial charge >= 0.3 is 0 Å². The number of likely N-dealkylation sites (N-methyl/N-ethyl adjacent to an activating group) is 1. The van der Waals surface area contributed by atoms with Crippen LogP contribution >= 0.6 is 0 Å². The molecule has 5 heteroatoms. The zero-order valence-electron chi connectivity index (χ0n) is 9.42. The summed E-state index contributed by atoms with van der Waals surface area (Å²) >= 11 is 0. The van der Waals surface area contributed by atoms with Gasteiger partial charge in [-0.3, -0.25) is 4.79 Å². The lowest BCUT2D eigenvalue weighted by molar-refractivity contribution is -0.129. The second kappa shape index (κ2) is 4.92. The van der Waals surface area contributed by atoms with E-state index < -0.39 is 17.7 Å². The van der Waals surface area contributed by atoms with E-state index in [0.29, 0.717) is 0 Å². The van der Waals surface area contributed by atoms with Crippen molar-refractivity contribution >= 4 is 11.6 Å². The topological polar surface area (TPSA) is 32.3 Å². The van der Waals surface area contributed by atoms with Gasteiger partial charge in [0.05, 0.1) is 0 Å². The molecule has 0 fully saturated rings. The minimum Gasteiger partial charge on any atom is -0.369 e. The van der Waals surface area contributed by atoms with E-state index >= 15 is 0 Å². The molecule has 1 atom stereocenters. The molecule has 1 rings (SSSR count). The Morgan fingerprint density at radius 3 is 2.25 bits per heavy atom. The van der Waals surface area contributed by atoms with Gasteiger partial charge < -0.3 is 10.2 Å². The second-order valence-corrected chi connectivity index (χ2v) is 3.70. The van der Waals surface area contributed by atoms with Crippen molar-refractivity contribution in [3.05, 3.63) is 29.8 Å². The summed E-state index contributed by atoms with van der Waals surface area (Å²) in [6, 6.07) is 2.87. The standard InChI is InChI=1S/C11H14F2N2O/c1-7(11(16)15(2)3)14-10-8(12)5-4-6-9(10)13/h4-7,14H,1-3H3. The highest BCUT2D eigenvalue weighted by molar-refractivity contribution is 5.83. The molecule has 88 valence electrons. The second-order valence-electron chi connectivity index (χ2n) is 3.70. The highest BCUT2D eigenvalue weighted by Crippen LogP contribution is 2.19. The molecule has 3 nitrogen and oxygen atoms in total. The molecule has 16 heavy (non-hydrogen) atoms. The molecule has 0 aliphatic carbocycles. The number of nitrogens with zero attached hydrogens (tertiary/aromatic N) is 1. The van der Waals surface area contributed by atoms with Gasteiger partial charge in [-0.2, -0.15) is 0 Å². The van der Waals surface area contributed by atoms with Crippen LogP contribution in [0.25, 0.3) is 0 Å². The molecule has 1 N–H and O–H groups in total. The summed E-state index contributed by atoms with van der Waals surface area (Å²) < 4.78 is 26.5. The summed E-state index contributed by atoms with van der Waals surface area (Å²) in [6.07, 6.45) is 0. The number of carbonyl (C=O) groups is 1. The van der Waals surface area contributed by atoms with Crippen molar-refractivity contribution in [2.45, 2.75) is 13.0 Å². The number of anilines is 1. The van der Waals surface area contributed by atoms with Crippen LogP contribution in [-0.4, -0.2) is 30.9 Å². The number of hydrogen-bond acceptors (Lipinski definition) is 2. The molecule has 0 aliphatic heterocycles. The molecule has 1 aromatic rings. The van der Waals surface area contributed by atoms with Gasteiger partial charge in [-0.1, -0.05) is 6.07 Å². The van der Waals surface area contributed by atoms with Crippen LogP contribution < -0.4 is 5.32 Å². The van der Waals surface area contributed by atoms with Crippen LogP contribution in [0, 0.1) is 11.6 Å². The molecule has 0 aromatic heterocycles. The van der Waals surface area contributed by atoms with Gasteiger partial charge in [-0.15, -0.1) is 0 Å². The fourth-order valence-electron chi connectivity index (χ4n) is 1.30. The van der Waals surface area contributed by atoms with Gasteiger partial charge in [0.15, 0.2) is 0 Å². The first-order valence-corrected chi connectivity index (χ1v) is 4.85. The maximum atomic E-state index is 13.2. The van der Waals surface area contributed by atoms with Crippen molar-refractivity contribution in [1.29, 1.82) is 0 Å². The first-order chi connectivity index (χ1) is 7.43. The first-order valence-electron chi connectivity index (χ1n) is 4.85. The van der Waals surface area contributed by atoms with E-state index in [2.05, 4.69) is 5.32 Å². The highest BCUT2D eigenvalue weighted by Gasteiger charge is 2.17. The van der Waals surface area contributed by atoms with E-state index in [4.69, 9.17) is 0 Å². The summed E-state index contributed by atoms with van der Waals surface area (Å²) in [7, 11) is 3.16. The van der Waals surface area contributed by atoms with Crippen molar-refractivity contribution in [1.82, 2.24) is 4.90 Å². The van der Waals surface area contributed by atoms with Crippen LogP contribution in [0.4, 0.5) is 14.5 Å². The van der Waals surface area contributed by atoms with E-state index in [1.807, 2.05) is 0 Å². The van der Waals surface area contributed by atoms with Gasteiger partial charge in [-0.25, -0.2) is 8.78 Å². The summed E-state index contributed by atoms with van der Waals surface area (Å²) in [5, 5.41) is 2.52. The SMILES string of the molecule is CC(Nc1c(F)cccc1F)C(=O)N(C)C. The average molecular weight is 228 g/mol. The summed E-state index contributed by atoms with van der Waals surface area (Å²) in [5.74, 6) is -1.67. The fraction of sp³-hybridized carbons (Fsp3) is 0.364. The largest absolute Gasteiger partial charge is 0.369 e. The molecule has 1 amide bonds. The van der Waals surface area contributed by atoms with E-state index in [9.17, 15) is 13.6 Å². The van der Waals surface area contributed by atoms with Gasteiger partial charge in [0.1, 0.15) is 23.4 Å². The number of benzene rings is 1. The monoisotopic (exact) mass is 228 g/mol. The Kier molecular flexibility index (Phi) is 3.82. The first kappa shape index (κ1) is 12.4. The number of carbonyl (C=O) groups excluding carboxylic acids is 1. The Hall–Kier alpha value is -1.65. The van der Waals surface area contributed by atoms with Crippen molar-refractivity contribution in [3.8, 4) is 0 Å². The predicted octanol–water partition coefficient (Wildman–Crippen LogP) is 1.85. The van der Waals surface area contributed by atoms with Crippen LogP contribution in [0.1, 0.15) is 6.92 Å². The zero-order valence-corrected chi connectivity index (χ0v) is 9.42. The minimum atomic E-state index is -0.710. The van der Waals surface area contributed by atoms with E-state index in [0.717, 1.165) is 12.1 Å². The van der Waals surface area contributed by atoms with Crippen molar-refractivity contribution in [3.63, 3.8) is 0 Å². The Morgan fingerprint density at radius 1 is 1.31 bits per heavy atom. The number of nitrogens with one attached hydrogen (secondary N) is 1. The number of rotatable bonds is 3.